The predicted octanol–water partition coefficient (Wildman–Crippen LogP) is 3.58. The summed E-state index contributed by atoms with van der Waals surface area (Å²) >= 11 is 0. The van der Waals surface area contributed by atoms with Crippen LogP contribution in [0.5, 0.6) is 17.2 Å². The number of ether oxygens (including phenoxy) is 5. The maximum absolute atomic E-state index is 12.0. The number of aliphatic hydroxyl groups is 1. The van der Waals surface area contributed by atoms with E-state index in [0.717, 1.165) is 30.2 Å². The average Bonchev–Trinajstić information content (AvgIpc) is 2.86. The molecule has 0 aliphatic rings. The first-order chi connectivity index (χ1) is 16.5. The number of hydrogen-bond donors (Lipinski definition) is 1. The zero-order valence-electron chi connectivity index (χ0n) is 19.2. The van der Waals surface area contributed by atoms with E-state index in [1.54, 1.807) is 37.5 Å². The van der Waals surface area contributed by atoms with Crippen LogP contribution in [0.2, 0.25) is 0 Å². The van der Waals surface area contributed by atoms with Crippen LogP contribution >= 0.6 is 0 Å². The Morgan fingerprint density at radius 3 is 2.24 bits per heavy atom. The molecule has 0 fully saturated rings. The molecule has 0 amide bonds. The van der Waals surface area contributed by atoms with Gasteiger partial charge in [-0.3, -0.25) is 0 Å². The zero-order valence-corrected chi connectivity index (χ0v) is 19.2. The molecule has 182 valence electrons. The summed E-state index contributed by atoms with van der Waals surface area (Å²) in [4.78, 5) is 22.9. The highest BCUT2D eigenvalue weighted by Crippen LogP contribution is 2.18. The molecular formula is C26H30O8. The van der Waals surface area contributed by atoms with Gasteiger partial charge < -0.3 is 28.8 Å². The van der Waals surface area contributed by atoms with Crippen molar-refractivity contribution in [3.63, 3.8) is 0 Å². The van der Waals surface area contributed by atoms with Crippen molar-refractivity contribution in [3.8, 4) is 17.2 Å². The minimum absolute atomic E-state index is 0.0912. The van der Waals surface area contributed by atoms with Crippen molar-refractivity contribution in [2.75, 3.05) is 33.5 Å². The second kappa shape index (κ2) is 15.3. The van der Waals surface area contributed by atoms with Gasteiger partial charge in [-0.15, -0.1) is 0 Å². The highest BCUT2D eigenvalue weighted by Gasteiger charge is 2.07. The molecule has 0 aliphatic carbocycles. The quantitative estimate of drug-likeness (QED) is 0.182. The fraction of sp³-hybridized carbons (Fsp3) is 0.308. The number of hydrogen-bond acceptors (Lipinski definition) is 8. The SMILES string of the molecule is C=CC(=O)OCC(O)COCCCCOc1ccc(C=CC(=O)Oc2ccc(OC)cc2)cc1. The van der Waals surface area contributed by atoms with Crippen LogP contribution < -0.4 is 14.2 Å². The first-order valence-corrected chi connectivity index (χ1v) is 10.8. The summed E-state index contributed by atoms with van der Waals surface area (Å²) in [6.07, 6.45) is 4.74. The van der Waals surface area contributed by atoms with E-state index in [4.69, 9.17) is 23.7 Å². The van der Waals surface area contributed by atoms with Crippen molar-refractivity contribution >= 4 is 18.0 Å². The van der Waals surface area contributed by atoms with Crippen LogP contribution in [0.25, 0.3) is 6.08 Å². The normalized spacial score (nSPS) is 11.6. The van der Waals surface area contributed by atoms with Gasteiger partial charge >= 0.3 is 11.9 Å². The Kier molecular flexibility index (Phi) is 12.0. The van der Waals surface area contributed by atoms with E-state index < -0.39 is 18.0 Å². The first kappa shape index (κ1) is 26.6. The molecule has 2 aromatic carbocycles. The minimum Gasteiger partial charge on any atom is -0.497 e. The lowest BCUT2D eigenvalue weighted by Gasteiger charge is -2.11. The highest BCUT2D eigenvalue weighted by atomic mass is 16.5. The molecule has 0 aliphatic heterocycles. The van der Waals surface area contributed by atoms with E-state index in [0.29, 0.717) is 24.7 Å². The summed E-state index contributed by atoms with van der Waals surface area (Å²) in [5, 5.41) is 9.62. The topological polar surface area (TPSA) is 101 Å². The van der Waals surface area contributed by atoms with Crippen molar-refractivity contribution in [3.05, 3.63) is 72.8 Å². The molecule has 1 N–H and O–H groups in total. The molecule has 34 heavy (non-hydrogen) atoms. The standard InChI is InChI=1S/C26H30O8/c1-3-25(28)33-19-21(27)18-31-16-4-5-17-32-23-9-6-20(7-10-23)8-15-26(29)34-24-13-11-22(30-2)12-14-24/h3,6-15,21,27H,1,4-5,16-19H2,2H3. The maximum atomic E-state index is 12.0. The molecule has 0 heterocycles. The molecule has 0 saturated heterocycles. The van der Waals surface area contributed by atoms with Gasteiger partial charge in [-0.2, -0.15) is 0 Å². The lowest BCUT2D eigenvalue weighted by Crippen LogP contribution is -2.23. The van der Waals surface area contributed by atoms with Crippen molar-refractivity contribution in [1.29, 1.82) is 0 Å². The number of benzene rings is 2. The van der Waals surface area contributed by atoms with Crippen LogP contribution in [0.1, 0.15) is 18.4 Å². The zero-order chi connectivity index (χ0) is 24.6. The smallest absolute Gasteiger partial charge is 0.336 e. The number of carbonyl (C=O) groups excluding carboxylic acids is 2. The Bertz CT molecular complexity index is 919. The van der Waals surface area contributed by atoms with Crippen molar-refractivity contribution in [2.24, 2.45) is 0 Å². The Morgan fingerprint density at radius 2 is 1.56 bits per heavy atom. The van der Waals surface area contributed by atoms with Crippen LogP contribution in [0, 0.1) is 0 Å². The van der Waals surface area contributed by atoms with Crippen LogP contribution in [-0.4, -0.2) is 56.7 Å². The van der Waals surface area contributed by atoms with Gasteiger partial charge in [0, 0.05) is 18.8 Å². The molecule has 0 bridgehead atoms. The van der Waals surface area contributed by atoms with E-state index in [9.17, 15) is 14.7 Å². The van der Waals surface area contributed by atoms with E-state index in [1.807, 2.05) is 24.3 Å². The average molecular weight is 471 g/mol. The molecule has 0 saturated carbocycles. The van der Waals surface area contributed by atoms with Gasteiger partial charge in [0.2, 0.25) is 0 Å². The lowest BCUT2D eigenvalue weighted by molar-refractivity contribution is -0.141. The van der Waals surface area contributed by atoms with Crippen LogP contribution in [0.3, 0.4) is 0 Å². The Balaban J connectivity index is 1.59. The number of rotatable bonds is 15. The second-order valence-electron chi connectivity index (χ2n) is 7.12. The minimum atomic E-state index is -0.864. The van der Waals surface area contributed by atoms with Crippen LogP contribution in [0.15, 0.2) is 67.3 Å². The maximum Gasteiger partial charge on any atom is 0.336 e. The molecule has 2 rings (SSSR count). The summed E-state index contributed by atoms with van der Waals surface area (Å²) < 4.78 is 26.1. The number of unbranched alkanes of at least 4 members (excludes halogenated alkanes) is 1. The number of carbonyl (C=O) groups is 2. The largest absolute Gasteiger partial charge is 0.497 e. The van der Waals surface area contributed by atoms with Crippen LogP contribution in [0.4, 0.5) is 0 Å². The van der Waals surface area contributed by atoms with E-state index in [1.165, 1.54) is 6.08 Å². The number of esters is 2. The van der Waals surface area contributed by atoms with E-state index in [2.05, 4.69) is 6.58 Å². The fourth-order valence-corrected chi connectivity index (χ4v) is 2.63. The van der Waals surface area contributed by atoms with Gasteiger partial charge in [0.15, 0.2) is 0 Å². The fourth-order valence-electron chi connectivity index (χ4n) is 2.63. The van der Waals surface area contributed by atoms with Gasteiger partial charge in [-0.25, -0.2) is 9.59 Å². The number of methoxy groups -OCH3 is 1. The first-order valence-electron chi connectivity index (χ1n) is 10.8. The third-order valence-electron chi connectivity index (χ3n) is 4.42. The summed E-state index contributed by atoms with van der Waals surface area (Å²) in [5.41, 5.74) is 0.838. The third kappa shape index (κ3) is 10.8. The van der Waals surface area contributed by atoms with E-state index >= 15 is 0 Å². The van der Waals surface area contributed by atoms with Gasteiger partial charge in [-0.05, 0) is 60.9 Å². The molecule has 8 heteroatoms. The monoisotopic (exact) mass is 470 g/mol. The molecule has 0 aromatic heterocycles. The van der Waals surface area contributed by atoms with Gasteiger partial charge in [-0.1, -0.05) is 18.7 Å². The van der Waals surface area contributed by atoms with Crippen molar-refractivity contribution in [2.45, 2.75) is 18.9 Å². The summed E-state index contributed by atoms with van der Waals surface area (Å²) in [7, 11) is 1.57. The predicted molar refractivity (Wildman–Crippen MR) is 127 cm³/mol. The Hall–Kier alpha value is -3.62. The Labute approximate surface area is 199 Å². The Morgan fingerprint density at radius 1 is 0.912 bits per heavy atom. The van der Waals surface area contributed by atoms with Gasteiger partial charge in [0.1, 0.15) is 30.0 Å². The summed E-state index contributed by atoms with van der Waals surface area (Å²) in [5.74, 6) is 0.796. The van der Waals surface area contributed by atoms with Crippen molar-refractivity contribution in [1.82, 2.24) is 0 Å². The third-order valence-corrected chi connectivity index (χ3v) is 4.42. The molecule has 2 aromatic rings. The highest BCUT2D eigenvalue weighted by molar-refractivity contribution is 5.88. The lowest BCUT2D eigenvalue weighted by atomic mass is 10.2. The van der Waals surface area contributed by atoms with Gasteiger partial charge in [0.05, 0.1) is 20.3 Å². The molecule has 0 spiro atoms. The van der Waals surface area contributed by atoms with E-state index in [-0.39, 0.29) is 13.2 Å². The molecule has 0 radical (unpaired) electrons. The molecule has 1 atom stereocenters. The summed E-state index contributed by atoms with van der Waals surface area (Å²) in [6.45, 7) is 4.23. The second-order valence-corrected chi connectivity index (χ2v) is 7.12. The molecular weight excluding hydrogens is 440 g/mol. The van der Waals surface area contributed by atoms with Crippen LogP contribution in [-0.2, 0) is 19.1 Å². The van der Waals surface area contributed by atoms with Gasteiger partial charge in [0.25, 0.3) is 0 Å². The molecule has 8 nitrogen and oxygen atoms in total. The number of aliphatic hydroxyl groups excluding tert-OH is 1. The van der Waals surface area contributed by atoms with Crippen molar-refractivity contribution < 1.29 is 38.4 Å². The summed E-state index contributed by atoms with van der Waals surface area (Å²) in [6, 6.07) is 14.1. The molecule has 1 unspecified atom stereocenters.